The van der Waals surface area contributed by atoms with Gasteiger partial charge in [-0.1, -0.05) is 30.7 Å². The lowest BCUT2D eigenvalue weighted by molar-refractivity contribution is -0.274. The molecule has 0 saturated carbocycles. The van der Waals surface area contributed by atoms with Gasteiger partial charge in [0.2, 0.25) is 0 Å². The van der Waals surface area contributed by atoms with Gasteiger partial charge in [-0.2, -0.15) is 16.9 Å². The van der Waals surface area contributed by atoms with Crippen LogP contribution in [0.15, 0.2) is 53.6 Å². The molecule has 1 aliphatic heterocycles. The van der Waals surface area contributed by atoms with Crippen LogP contribution in [0.1, 0.15) is 12.5 Å². The monoisotopic (exact) mass is 457 g/mol. The van der Waals surface area contributed by atoms with Crippen molar-refractivity contribution in [2.24, 2.45) is 10.5 Å². The molecule has 5 nitrogen and oxygen atoms in total. The van der Waals surface area contributed by atoms with Gasteiger partial charge in [0, 0.05) is 21.9 Å². The molecule has 0 aromatic heterocycles. The molecule has 0 bridgehead atoms. The van der Waals surface area contributed by atoms with E-state index in [1.54, 1.807) is 23.9 Å². The lowest BCUT2D eigenvalue weighted by atomic mass is 9.84. The van der Waals surface area contributed by atoms with Crippen molar-refractivity contribution < 1.29 is 22.7 Å². The van der Waals surface area contributed by atoms with Crippen LogP contribution in [0.2, 0.25) is 5.02 Å². The number of ether oxygens (including phenoxy) is 1. The van der Waals surface area contributed by atoms with Crippen LogP contribution < -0.4 is 10.1 Å². The second-order valence-corrected chi connectivity index (χ2v) is 8.31. The van der Waals surface area contributed by atoms with Crippen molar-refractivity contribution in [1.82, 2.24) is 5.01 Å². The third-order valence-electron chi connectivity index (χ3n) is 4.45. The SMILES string of the molecule is CSCC1(C)CN(C(=O)Nc2ccc(OC(F)(F)F)cc2)N=C1c1ccc(Cl)cc1. The number of nitrogens with one attached hydrogen (secondary N) is 1. The largest absolute Gasteiger partial charge is 0.573 e. The lowest BCUT2D eigenvalue weighted by Crippen LogP contribution is -2.37. The number of hydrogen-bond donors (Lipinski definition) is 1. The van der Waals surface area contributed by atoms with Gasteiger partial charge in [0.05, 0.1) is 12.3 Å². The molecular formula is C20H19ClF3N3O2S. The van der Waals surface area contributed by atoms with Crippen LogP contribution in [-0.4, -0.2) is 41.7 Å². The summed E-state index contributed by atoms with van der Waals surface area (Å²) in [7, 11) is 0. The number of hydrazone groups is 1. The Morgan fingerprint density at radius 1 is 1.23 bits per heavy atom. The second-order valence-electron chi connectivity index (χ2n) is 7.01. The third kappa shape index (κ3) is 5.40. The fourth-order valence-corrected chi connectivity index (χ4v) is 4.17. The Balaban J connectivity index is 1.76. The van der Waals surface area contributed by atoms with E-state index in [-0.39, 0.29) is 11.2 Å². The highest BCUT2D eigenvalue weighted by Gasteiger charge is 2.41. The molecule has 2 aromatic rings. The zero-order valence-corrected chi connectivity index (χ0v) is 17.7. The van der Waals surface area contributed by atoms with Crippen LogP contribution in [0.3, 0.4) is 0 Å². The summed E-state index contributed by atoms with van der Waals surface area (Å²) < 4.78 is 40.6. The molecule has 0 fully saturated rings. The first kappa shape index (κ1) is 22.3. The highest BCUT2D eigenvalue weighted by molar-refractivity contribution is 7.98. The first-order valence-corrected chi connectivity index (χ1v) is 10.7. The molecule has 2 amide bonds. The smallest absolute Gasteiger partial charge is 0.406 e. The van der Waals surface area contributed by atoms with Gasteiger partial charge < -0.3 is 10.1 Å². The normalized spacial score (nSPS) is 18.9. The maximum Gasteiger partial charge on any atom is 0.573 e. The molecule has 160 valence electrons. The Morgan fingerprint density at radius 2 is 1.87 bits per heavy atom. The molecule has 1 atom stereocenters. The van der Waals surface area contributed by atoms with Crippen molar-refractivity contribution in [3.8, 4) is 5.75 Å². The quantitative estimate of drug-likeness (QED) is 0.611. The Kier molecular flexibility index (Phi) is 6.52. The molecule has 10 heteroatoms. The zero-order chi connectivity index (χ0) is 21.9. The number of anilines is 1. The molecule has 1 aliphatic rings. The van der Waals surface area contributed by atoms with Gasteiger partial charge in [-0.3, -0.25) is 0 Å². The minimum Gasteiger partial charge on any atom is -0.406 e. The topological polar surface area (TPSA) is 53.9 Å². The van der Waals surface area contributed by atoms with Crippen molar-refractivity contribution in [1.29, 1.82) is 0 Å². The number of nitrogens with zero attached hydrogens (tertiary/aromatic N) is 2. The van der Waals surface area contributed by atoms with E-state index in [2.05, 4.69) is 15.2 Å². The summed E-state index contributed by atoms with van der Waals surface area (Å²) >= 11 is 7.63. The van der Waals surface area contributed by atoms with Crippen LogP contribution in [0.4, 0.5) is 23.7 Å². The van der Waals surface area contributed by atoms with Gasteiger partial charge in [-0.25, -0.2) is 9.80 Å². The molecule has 0 aliphatic carbocycles. The van der Waals surface area contributed by atoms with Crippen LogP contribution in [0.25, 0.3) is 0 Å². The van der Waals surface area contributed by atoms with E-state index in [9.17, 15) is 18.0 Å². The minimum atomic E-state index is -4.77. The van der Waals surface area contributed by atoms with E-state index in [0.717, 1.165) is 29.2 Å². The van der Waals surface area contributed by atoms with Gasteiger partial charge in [0.15, 0.2) is 0 Å². The number of rotatable bonds is 5. The average Bonchev–Trinajstić information content (AvgIpc) is 3.00. The number of hydrogen-bond acceptors (Lipinski definition) is 4. The zero-order valence-electron chi connectivity index (χ0n) is 16.2. The number of carbonyl (C=O) groups is 1. The summed E-state index contributed by atoms with van der Waals surface area (Å²) in [6.07, 6.45) is -2.78. The maximum absolute atomic E-state index is 12.7. The van der Waals surface area contributed by atoms with Crippen molar-refractivity contribution in [3.63, 3.8) is 0 Å². The standard InChI is InChI=1S/C20H19ClF3N3O2S/c1-19(12-30-2)11-27(26-17(19)13-3-5-14(21)6-4-13)18(28)25-15-7-9-16(10-8-15)29-20(22,23)24/h3-10H,11-12H2,1-2H3,(H,25,28). The van der Waals surface area contributed by atoms with Crippen molar-refractivity contribution in [3.05, 3.63) is 59.1 Å². The fraction of sp³-hybridized carbons (Fsp3) is 0.300. The molecule has 30 heavy (non-hydrogen) atoms. The second kappa shape index (κ2) is 8.77. The first-order valence-electron chi connectivity index (χ1n) is 8.88. The summed E-state index contributed by atoms with van der Waals surface area (Å²) in [6.45, 7) is 2.40. The number of thioether (sulfide) groups is 1. The van der Waals surface area contributed by atoms with Gasteiger partial charge >= 0.3 is 12.4 Å². The van der Waals surface area contributed by atoms with Crippen LogP contribution in [-0.2, 0) is 0 Å². The molecule has 0 spiro atoms. The van der Waals surface area contributed by atoms with Crippen LogP contribution in [0.5, 0.6) is 5.75 Å². The summed E-state index contributed by atoms with van der Waals surface area (Å²) in [4.78, 5) is 12.7. The highest BCUT2D eigenvalue weighted by atomic mass is 35.5. The molecule has 1 N–H and O–H groups in total. The molecule has 1 heterocycles. The van der Waals surface area contributed by atoms with Crippen molar-refractivity contribution >= 4 is 40.8 Å². The summed E-state index contributed by atoms with van der Waals surface area (Å²) in [5.41, 5.74) is 1.61. The Bertz CT molecular complexity index is 936. The van der Waals surface area contributed by atoms with Gasteiger partial charge in [-0.05, 0) is 48.2 Å². The average molecular weight is 458 g/mol. The van der Waals surface area contributed by atoms with E-state index in [1.165, 1.54) is 17.1 Å². The van der Waals surface area contributed by atoms with E-state index >= 15 is 0 Å². The third-order valence-corrected chi connectivity index (χ3v) is 5.62. The maximum atomic E-state index is 12.7. The Labute approximate surface area is 181 Å². The van der Waals surface area contributed by atoms with Crippen LogP contribution in [0, 0.1) is 5.41 Å². The molecule has 1 unspecified atom stereocenters. The fourth-order valence-electron chi connectivity index (χ4n) is 3.17. The number of benzene rings is 2. The van der Waals surface area contributed by atoms with Gasteiger partial charge in [-0.15, -0.1) is 13.2 Å². The minimum absolute atomic E-state index is 0.330. The number of carbonyl (C=O) groups excluding carboxylic acids is 1. The Hall–Kier alpha value is -2.39. The summed E-state index contributed by atoms with van der Waals surface area (Å²) in [5, 5.41) is 9.12. The summed E-state index contributed by atoms with van der Waals surface area (Å²) in [5.74, 6) is 0.388. The molecule has 0 saturated heterocycles. The predicted octanol–water partition coefficient (Wildman–Crippen LogP) is 5.86. The number of urea groups is 1. The van der Waals surface area contributed by atoms with Gasteiger partial charge in [0.25, 0.3) is 0 Å². The van der Waals surface area contributed by atoms with E-state index in [0.29, 0.717) is 17.3 Å². The van der Waals surface area contributed by atoms with Crippen molar-refractivity contribution in [2.45, 2.75) is 13.3 Å². The van der Waals surface area contributed by atoms with E-state index in [1.807, 2.05) is 25.3 Å². The van der Waals surface area contributed by atoms with Crippen molar-refractivity contribution in [2.75, 3.05) is 23.9 Å². The lowest BCUT2D eigenvalue weighted by Gasteiger charge is -2.25. The molecule has 2 aromatic carbocycles. The molecule has 3 rings (SSSR count). The number of amides is 2. The van der Waals surface area contributed by atoms with Crippen LogP contribution >= 0.6 is 23.4 Å². The molecule has 0 radical (unpaired) electrons. The molecular weight excluding hydrogens is 439 g/mol. The highest BCUT2D eigenvalue weighted by Crippen LogP contribution is 2.34. The Morgan fingerprint density at radius 3 is 2.43 bits per heavy atom. The van der Waals surface area contributed by atoms with E-state index in [4.69, 9.17) is 11.6 Å². The number of alkyl halides is 3. The van der Waals surface area contributed by atoms with Gasteiger partial charge in [0.1, 0.15) is 5.75 Å². The first-order chi connectivity index (χ1) is 14.1. The predicted molar refractivity (Wildman–Crippen MR) is 113 cm³/mol. The summed E-state index contributed by atoms with van der Waals surface area (Å²) in [6, 6.07) is 11.7. The van der Waals surface area contributed by atoms with E-state index < -0.39 is 12.4 Å². The number of halogens is 4.